The lowest BCUT2D eigenvalue weighted by molar-refractivity contribution is -0.124. The lowest BCUT2D eigenvalue weighted by atomic mass is 10.0. The highest BCUT2D eigenvalue weighted by molar-refractivity contribution is 6.35. The van der Waals surface area contributed by atoms with Crippen molar-refractivity contribution in [3.05, 3.63) is 33.8 Å². The van der Waals surface area contributed by atoms with Gasteiger partial charge in [-0.2, -0.15) is 0 Å². The zero-order valence-corrected chi connectivity index (χ0v) is 13.6. The Kier molecular flexibility index (Phi) is 7.10. The third-order valence-electron chi connectivity index (χ3n) is 3.41. The molecular weight excluding hydrogens is 319 g/mol. The molecule has 0 radical (unpaired) electrons. The van der Waals surface area contributed by atoms with Crippen molar-refractivity contribution < 1.29 is 4.79 Å². The van der Waals surface area contributed by atoms with Gasteiger partial charge in [0, 0.05) is 10.0 Å². The molecule has 1 aromatic rings. The summed E-state index contributed by atoms with van der Waals surface area (Å²) in [5, 5.41) is 7.41. The number of nitrogens with one attached hydrogen (secondary N) is 2. The van der Waals surface area contributed by atoms with Crippen LogP contribution in [0.1, 0.15) is 37.8 Å². The van der Waals surface area contributed by atoms with E-state index in [2.05, 4.69) is 10.6 Å². The van der Waals surface area contributed by atoms with Crippen LogP contribution in [0.3, 0.4) is 0 Å². The number of carbonyl (C=O) groups is 1. The quantitative estimate of drug-likeness (QED) is 0.882. The molecule has 2 atom stereocenters. The minimum atomic E-state index is -0.124. The van der Waals surface area contributed by atoms with Gasteiger partial charge in [0.05, 0.1) is 12.1 Å². The molecule has 0 saturated carbocycles. The summed E-state index contributed by atoms with van der Waals surface area (Å²) in [6.07, 6.45) is 3.14. The van der Waals surface area contributed by atoms with Crippen molar-refractivity contribution in [2.24, 2.45) is 0 Å². The molecule has 2 unspecified atom stereocenters. The average molecular weight is 338 g/mol. The van der Waals surface area contributed by atoms with Gasteiger partial charge < -0.3 is 10.6 Å². The van der Waals surface area contributed by atoms with Crippen molar-refractivity contribution in [3.8, 4) is 0 Å². The Labute approximate surface area is 135 Å². The Morgan fingerprint density at radius 3 is 2.75 bits per heavy atom. The van der Waals surface area contributed by atoms with E-state index < -0.39 is 0 Å². The first-order valence-corrected chi connectivity index (χ1v) is 7.32. The maximum Gasteiger partial charge on any atom is 0.237 e. The molecule has 0 spiro atoms. The number of amides is 1. The van der Waals surface area contributed by atoms with Gasteiger partial charge in [-0.25, -0.2) is 0 Å². The Hall–Kier alpha value is -0.480. The number of rotatable bonds is 3. The van der Waals surface area contributed by atoms with Crippen molar-refractivity contribution in [1.29, 1.82) is 0 Å². The minimum Gasteiger partial charge on any atom is -0.348 e. The summed E-state index contributed by atoms with van der Waals surface area (Å²) in [6.45, 7) is 2.84. The first kappa shape index (κ1) is 17.6. The highest BCUT2D eigenvalue weighted by atomic mass is 35.5. The molecule has 2 rings (SSSR count). The van der Waals surface area contributed by atoms with Crippen molar-refractivity contribution in [3.63, 3.8) is 0 Å². The number of carbonyl (C=O) groups excluding carboxylic acids is 1. The van der Waals surface area contributed by atoms with E-state index in [-0.39, 0.29) is 30.4 Å². The number of piperidine rings is 1. The third-order valence-corrected chi connectivity index (χ3v) is 3.98. The van der Waals surface area contributed by atoms with Crippen molar-refractivity contribution in [1.82, 2.24) is 10.6 Å². The van der Waals surface area contributed by atoms with E-state index in [0.717, 1.165) is 31.4 Å². The smallest absolute Gasteiger partial charge is 0.237 e. The summed E-state index contributed by atoms with van der Waals surface area (Å²) in [7, 11) is 0. The molecule has 3 nitrogen and oxygen atoms in total. The van der Waals surface area contributed by atoms with Crippen LogP contribution in [0.4, 0.5) is 0 Å². The summed E-state index contributed by atoms with van der Waals surface area (Å²) >= 11 is 12.0. The van der Waals surface area contributed by atoms with Gasteiger partial charge in [-0.15, -0.1) is 12.4 Å². The normalized spacial score (nSPS) is 19.9. The van der Waals surface area contributed by atoms with E-state index in [9.17, 15) is 4.79 Å². The number of benzene rings is 1. The SMILES string of the molecule is CC(NC(=O)C1CCCCN1)c1ccc(Cl)cc1Cl.Cl. The fourth-order valence-electron chi connectivity index (χ4n) is 2.32. The lowest BCUT2D eigenvalue weighted by Crippen LogP contribution is -2.47. The summed E-state index contributed by atoms with van der Waals surface area (Å²) in [6, 6.07) is 5.12. The third kappa shape index (κ3) is 4.52. The van der Waals surface area contributed by atoms with Crippen LogP contribution in [0, 0.1) is 0 Å². The van der Waals surface area contributed by atoms with E-state index in [0.29, 0.717) is 10.0 Å². The largest absolute Gasteiger partial charge is 0.348 e. The maximum atomic E-state index is 12.1. The molecule has 1 fully saturated rings. The number of hydrogen-bond donors (Lipinski definition) is 2. The van der Waals surface area contributed by atoms with Crippen LogP contribution in [-0.4, -0.2) is 18.5 Å². The highest BCUT2D eigenvalue weighted by Gasteiger charge is 2.22. The fourth-order valence-corrected chi connectivity index (χ4v) is 2.89. The molecule has 1 heterocycles. The van der Waals surface area contributed by atoms with Gasteiger partial charge in [0.2, 0.25) is 5.91 Å². The van der Waals surface area contributed by atoms with Gasteiger partial charge in [-0.1, -0.05) is 35.7 Å². The highest BCUT2D eigenvalue weighted by Crippen LogP contribution is 2.26. The van der Waals surface area contributed by atoms with Gasteiger partial charge in [-0.3, -0.25) is 4.79 Å². The summed E-state index contributed by atoms with van der Waals surface area (Å²) < 4.78 is 0. The molecule has 1 saturated heterocycles. The van der Waals surface area contributed by atoms with Crippen molar-refractivity contribution in [2.75, 3.05) is 6.54 Å². The van der Waals surface area contributed by atoms with Crippen LogP contribution in [0.25, 0.3) is 0 Å². The maximum absolute atomic E-state index is 12.1. The van der Waals surface area contributed by atoms with Crippen LogP contribution < -0.4 is 10.6 Å². The molecule has 112 valence electrons. The predicted molar refractivity (Wildman–Crippen MR) is 85.9 cm³/mol. The summed E-state index contributed by atoms with van der Waals surface area (Å²) in [5.41, 5.74) is 0.884. The first-order valence-electron chi connectivity index (χ1n) is 6.56. The van der Waals surface area contributed by atoms with Crippen LogP contribution in [0.2, 0.25) is 10.0 Å². The van der Waals surface area contributed by atoms with E-state index >= 15 is 0 Å². The second-order valence-corrected chi connectivity index (χ2v) is 5.74. The predicted octanol–water partition coefficient (Wildman–Crippen LogP) is 3.73. The second kappa shape index (κ2) is 8.08. The van der Waals surface area contributed by atoms with Gasteiger partial charge in [0.1, 0.15) is 0 Å². The van der Waals surface area contributed by atoms with Gasteiger partial charge >= 0.3 is 0 Å². The molecule has 1 aliphatic rings. The Morgan fingerprint density at radius 2 is 2.15 bits per heavy atom. The molecular formula is C14H19Cl3N2O. The second-order valence-electron chi connectivity index (χ2n) is 4.90. The monoisotopic (exact) mass is 336 g/mol. The molecule has 20 heavy (non-hydrogen) atoms. The van der Waals surface area contributed by atoms with E-state index in [1.165, 1.54) is 0 Å². The molecule has 1 amide bonds. The van der Waals surface area contributed by atoms with Crippen molar-refractivity contribution >= 4 is 41.5 Å². The van der Waals surface area contributed by atoms with Crippen LogP contribution in [-0.2, 0) is 4.79 Å². The Balaban J connectivity index is 0.00000200. The first-order chi connectivity index (χ1) is 9.08. The van der Waals surface area contributed by atoms with E-state index in [1.54, 1.807) is 12.1 Å². The molecule has 1 aromatic carbocycles. The van der Waals surface area contributed by atoms with E-state index in [4.69, 9.17) is 23.2 Å². The average Bonchev–Trinajstić information content (AvgIpc) is 2.39. The standard InChI is InChI=1S/C14H18Cl2N2O.ClH/c1-9(11-6-5-10(15)8-12(11)16)18-14(19)13-4-2-3-7-17-13;/h5-6,8-9,13,17H,2-4,7H2,1H3,(H,18,19);1H. The summed E-state index contributed by atoms with van der Waals surface area (Å²) in [4.78, 5) is 12.1. The lowest BCUT2D eigenvalue weighted by Gasteiger charge is -2.25. The molecule has 0 aliphatic carbocycles. The molecule has 0 aromatic heterocycles. The number of hydrogen-bond acceptors (Lipinski definition) is 2. The van der Waals surface area contributed by atoms with Crippen LogP contribution in [0.5, 0.6) is 0 Å². The fraction of sp³-hybridized carbons (Fsp3) is 0.500. The zero-order valence-electron chi connectivity index (χ0n) is 11.3. The van der Waals surface area contributed by atoms with Gasteiger partial charge in [0.15, 0.2) is 0 Å². The van der Waals surface area contributed by atoms with Crippen LogP contribution in [0.15, 0.2) is 18.2 Å². The molecule has 1 aliphatic heterocycles. The Morgan fingerprint density at radius 1 is 1.40 bits per heavy atom. The number of halogens is 3. The Bertz CT molecular complexity index is 462. The zero-order chi connectivity index (χ0) is 13.8. The molecule has 0 bridgehead atoms. The van der Waals surface area contributed by atoms with Gasteiger partial charge in [0.25, 0.3) is 0 Å². The summed E-state index contributed by atoms with van der Waals surface area (Å²) in [5.74, 6) is 0.0400. The topological polar surface area (TPSA) is 41.1 Å². The molecule has 2 N–H and O–H groups in total. The van der Waals surface area contributed by atoms with Crippen molar-refractivity contribution in [2.45, 2.75) is 38.3 Å². The minimum absolute atomic E-state index is 0. The molecule has 6 heteroatoms. The van der Waals surface area contributed by atoms with Crippen LogP contribution >= 0.6 is 35.6 Å². The van der Waals surface area contributed by atoms with Gasteiger partial charge in [-0.05, 0) is 44.0 Å². The van der Waals surface area contributed by atoms with E-state index in [1.807, 2.05) is 13.0 Å².